The van der Waals surface area contributed by atoms with Gasteiger partial charge in [-0.05, 0) is 25.1 Å². The third kappa shape index (κ3) is 3.17. The molecule has 20 heavy (non-hydrogen) atoms. The first kappa shape index (κ1) is 14.1. The summed E-state index contributed by atoms with van der Waals surface area (Å²) in [6.07, 6.45) is -3.72. The summed E-state index contributed by atoms with van der Waals surface area (Å²) in [5.41, 5.74) is 5.02. The van der Waals surface area contributed by atoms with Crippen LogP contribution in [0.15, 0.2) is 36.5 Å². The Balaban J connectivity index is 2.26. The van der Waals surface area contributed by atoms with Gasteiger partial charge in [-0.1, -0.05) is 12.1 Å². The normalized spacial score (nSPS) is 13.0. The zero-order valence-electron chi connectivity index (χ0n) is 10.6. The molecule has 0 aliphatic heterocycles. The maximum atomic E-state index is 12.8. The largest absolute Gasteiger partial charge is 0.484 e. The first-order valence-electron chi connectivity index (χ1n) is 5.79. The third-order valence-electron chi connectivity index (χ3n) is 2.61. The van der Waals surface area contributed by atoms with Crippen LogP contribution in [-0.2, 0) is 6.18 Å². The highest BCUT2D eigenvalue weighted by atomic mass is 19.4. The summed E-state index contributed by atoms with van der Waals surface area (Å²) in [5.74, 6) is -0.202. The molecule has 0 saturated heterocycles. The zero-order chi connectivity index (χ0) is 14.8. The van der Waals surface area contributed by atoms with Crippen LogP contribution in [0.2, 0.25) is 0 Å². The predicted molar refractivity (Wildman–Crippen MR) is 66.9 cm³/mol. The van der Waals surface area contributed by atoms with Crippen molar-refractivity contribution < 1.29 is 17.9 Å². The molecular formula is C13H12F3N3O. The van der Waals surface area contributed by atoms with Gasteiger partial charge in [-0.25, -0.2) is 9.97 Å². The van der Waals surface area contributed by atoms with Crippen molar-refractivity contribution in [2.24, 2.45) is 0 Å². The van der Waals surface area contributed by atoms with Gasteiger partial charge in [-0.3, -0.25) is 0 Å². The average molecular weight is 283 g/mol. The third-order valence-corrected chi connectivity index (χ3v) is 2.61. The van der Waals surface area contributed by atoms with E-state index in [2.05, 4.69) is 9.97 Å². The maximum absolute atomic E-state index is 12.8. The van der Waals surface area contributed by atoms with Crippen molar-refractivity contribution in [1.29, 1.82) is 0 Å². The molecule has 0 amide bonds. The van der Waals surface area contributed by atoms with Crippen molar-refractivity contribution in [3.63, 3.8) is 0 Å². The van der Waals surface area contributed by atoms with Gasteiger partial charge >= 0.3 is 6.18 Å². The number of hydrogen-bond acceptors (Lipinski definition) is 4. The van der Waals surface area contributed by atoms with E-state index in [1.54, 1.807) is 6.92 Å². The van der Waals surface area contributed by atoms with Crippen molar-refractivity contribution in [1.82, 2.24) is 9.97 Å². The van der Waals surface area contributed by atoms with E-state index in [-0.39, 0.29) is 11.7 Å². The van der Waals surface area contributed by atoms with Gasteiger partial charge in [0.05, 0.1) is 11.3 Å². The second kappa shape index (κ2) is 5.36. The molecule has 0 spiro atoms. The molecule has 0 fully saturated rings. The average Bonchev–Trinajstić information content (AvgIpc) is 2.38. The Morgan fingerprint density at radius 1 is 1.20 bits per heavy atom. The van der Waals surface area contributed by atoms with Crippen LogP contribution < -0.4 is 10.5 Å². The van der Waals surface area contributed by atoms with Crippen molar-refractivity contribution in [2.45, 2.75) is 19.2 Å². The molecule has 1 aromatic heterocycles. The first-order chi connectivity index (χ1) is 9.38. The molecule has 0 bridgehead atoms. The van der Waals surface area contributed by atoms with Gasteiger partial charge < -0.3 is 10.5 Å². The number of anilines is 1. The summed E-state index contributed by atoms with van der Waals surface area (Å²) in [7, 11) is 0. The SMILES string of the molecule is C[C@H](Oc1ccccc1C(F)(F)F)c1ccnc(N)n1. The Labute approximate surface area is 113 Å². The quantitative estimate of drug-likeness (QED) is 0.939. The Morgan fingerprint density at radius 3 is 2.55 bits per heavy atom. The minimum absolute atomic E-state index is 0.0436. The monoisotopic (exact) mass is 283 g/mol. The molecule has 0 radical (unpaired) electrons. The van der Waals surface area contributed by atoms with Crippen LogP contribution in [0.3, 0.4) is 0 Å². The lowest BCUT2D eigenvalue weighted by Crippen LogP contribution is -2.12. The molecule has 0 saturated carbocycles. The molecule has 1 aromatic carbocycles. The van der Waals surface area contributed by atoms with E-state index in [1.165, 1.54) is 30.5 Å². The number of aromatic nitrogens is 2. The number of nitrogens with two attached hydrogens (primary N) is 1. The second-order valence-corrected chi connectivity index (χ2v) is 4.09. The number of alkyl halides is 3. The number of para-hydroxylation sites is 1. The summed E-state index contributed by atoms with van der Waals surface area (Å²) in [6, 6.07) is 6.56. The molecular weight excluding hydrogens is 271 g/mol. The highest BCUT2D eigenvalue weighted by Crippen LogP contribution is 2.37. The van der Waals surface area contributed by atoms with Gasteiger partial charge in [-0.2, -0.15) is 13.2 Å². The number of hydrogen-bond donors (Lipinski definition) is 1. The lowest BCUT2D eigenvalue weighted by molar-refractivity contribution is -0.139. The molecule has 2 N–H and O–H groups in total. The van der Waals surface area contributed by atoms with Gasteiger partial charge in [0.1, 0.15) is 11.9 Å². The molecule has 4 nitrogen and oxygen atoms in total. The Hall–Kier alpha value is -2.31. The number of nitrogens with zero attached hydrogens (tertiary/aromatic N) is 2. The van der Waals surface area contributed by atoms with Crippen LogP contribution in [0.1, 0.15) is 24.3 Å². The van der Waals surface area contributed by atoms with Crippen molar-refractivity contribution in [3.8, 4) is 5.75 Å². The van der Waals surface area contributed by atoms with Gasteiger partial charge in [0.15, 0.2) is 0 Å². The van der Waals surface area contributed by atoms with Gasteiger partial charge in [0, 0.05) is 6.20 Å². The molecule has 1 atom stereocenters. The number of ether oxygens (including phenoxy) is 1. The van der Waals surface area contributed by atoms with E-state index in [4.69, 9.17) is 10.5 Å². The van der Waals surface area contributed by atoms with Crippen LogP contribution in [0.4, 0.5) is 19.1 Å². The topological polar surface area (TPSA) is 61.0 Å². The van der Waals surface area contributed by atoms with Crippen molar-refractivity contribution in [2.75, 3.05) is 5.73 Å². The number of benzene rings is 1. The summed E-state index contributed by atoms with van der Waals surface area (Å²) >= 11 is 0. The zero-order valence-corrected chi connectivity index (χ0v) is 10.6. The van der Waals surface area contributed by atoms with Crippen LogP contribution >= 0.6 is 0 Å². The fourth-order valence-electron chi connectivity index (χ4n) is 1.67. The van der Waals surface area contributed by atoms with Crippen LogP contribution in [-0.4, -0.2) is 9.97 Å². The van der Waals surface area contributed by atoms with Crippen LogP contribution in [0.25, 0.3) is 0 Å². The molecule has 0 aliphatic rings. The van der Waals surface area contributed by atoms with E-state index >= 15 is 0 Å². The predicted octanol–water partition coefficient (Wildman–Crippen LogP) is 3.22. The lowest BCUT2D eigenvalue weighted by atomic mass is 10.2. The number of nitrogen functional groups attached to an aromatic ring is 1. The van der Waals surface area contributed by atoms with Gasteiger partial charge in [0.25, 0.3) is 0 Å². The number of rotatable bonds is 3. The fraction of sp³-hybridized carbons (Fsp3) is 0.231. The molecule has 0 unspecified atom stereocenters. The van der Waals surface area contributed by atoms with Crippen molar-refractivity contribution in [3.05, 3.63) is 47.8 Å². The highest BCUT2D eigenvalue weighted by molar-refractivity contribution is 5.36. The van der Waals surface area contributed by atoms with Crippen LogP contribution in [0.5, 0.6) is 5.75 Å². The molecule has 106 valence electrons. The van der Waals surface area contributed by atoms with E-state index in [1.807, 2.05) is 0 Å². The molecule has 7 heteroatoms. The highest BCUT2D eigenvalue weighted by Gasteiger charge is 2.34. The van der Waals surface area contributed by atoms with E-state index in [9.17, 15) is 13.2 Å². The Morgan fingerprint density at radius 2 is 1.90 bits per heavy atom. The summed E-state index contributed by atoms with van der Waals surface area (Å²) in [4.78, 5) is 7.64. The maximum Gasteiger partial charge on any atom is 0.419 e. The smallest absolute Gasteiger partial charge is 0.419 e. The summed E-state index contributed by atoms with van der Waals surface area (Å²) < 4.78 is 43.9. The second-order valence-electron chi connectivity index (χ2n) is 4.09. The minimum atomic E-state index is -4.47. The van der Waals surface area contributed by atoms with Crippen molar-refractivity contribution >= 4 is 5.95 Å². The number of halogens is 3. The fourth-order valence-corrected chi connectivity index (χ4v) is 1.67. The summed E-state index contributed by atoms with van der Waals surface area (Å²) in [6.45, 7) is 1.59. The molecule has 2 aromatic rings. The standard InChI is InChI=1S/C13H12F3N3O/c1-8(10-6-7-18-12(17)19-10)20-11-5-3-2-4-9(11)13(14,15)16/h2-8H,1H3,(H2,17,18,19)/t8-/m0/s1. The molecule has 0 aliphatic carbocycles. The van der Waals surface area contributed by atoms with Gasteiger partial charge in [-0.15, -0.1) is 0 Å². The van der Waals surface area contributed by atoms with E-state index < -0.39 is 17.8 Å². The van der Waals surface area contributed by atoms with E-state index in [0.717, 1.165) is 6.07 Å². The van der Waals surface area contributed by atoms with Gasteiger partial charge in [0.2, 0.25) is 5.95 Å². The molecule has 1 heterocycles. The Kier molecular flexibility index (Phi) is 3.78. The lowest BCUT2D eigenvalue weighted by Gasteiger charge is -2.18. The Bertz CT molecular complexity index is 601. The first-order valence-corrected chi connectivity index (χ1v) is 5.79. The molecule has 2 rings (SSSR count). The van der Waals surface area contributed by atoms with Crippen LogP contribution in [0, 0.1) is 0 Å². The minimum Gasteiger partial charge on any atom is -0.484 e. The van der Waals surface area contributed by atoms with E-state index in [0.29, 0.717) is 5.69 Å². The summed E-state index contributed by atoms with van der Waals surface area (Å²) in [5, 5.41) is 0.